The first-order valence-corrected chi connectivity index (χ1v) is 10.7. The summed E-state index contributed by atoms with van der Waals surface area (Å²) in [6.45, 7) is -0.194. The Morgan fingerprint density at radius 2 is 1.50 bits per heavy atom. The van der Waals surface area contributed by atoms with E-state index in [-0.39, 0.29) is 31.4 Å². The van der Waals surface area contributed by atoms with Crippen LogP contribution in [0.2, 0.25) is 0 Å². The number of nitrogens with one attached hydrogen (secondary N) is 2. The minimum Gasteiger partial charge on any atom is -0.497 e. The maximum Gasteiger partial charge on any atom is 0.254 e. The van der Waals surface area contributed by atoms with E-state index in [0.29, 0.717) is 22.7 Å². The third-order valence-electron chi connectivity index (χ3n) is 4.97. The quantitative estimate of drug-likeness (QED) is 0.484. The van der Waals surface area contributed by atoms with Gasteiger partial charge in [-0.3, -0.25) is 14.4 Å². The maximum atomic E-state index is 13.2. The maximum absolute atomic E-state index is 13.2. The molecule has 0 aliphatic heterocycles. The molecule has 0 spiro atoms. The molecule has 3 aromatic rings. The molecule has 0 aliphatic carbocycles. The number of carbonyl (C=O) groups excluding carboxylic acids is 3. The van der Waals surface area contributed by atoms with Gasteiger partial charge in [0, 0.05) is 17.8 Å². The first-order valence-electron chi connectivity index (χ1n) is 10.7. The molecule has 0 bridgehead atoms. The van der Waals surface area contributed by atoms with Crippen molar-refractivity contribution in [1.29, 1.82) is 0 Å². The van der Waals surface area contributed by atoms with E-state index in [4.69, 9.17) is 9.47 Å². The van der Waals surface area contributed by atoms with E-state index < -0.39 is 5.91 Å². The van der Waals surface area contributed by atoms with E-state index in [1.165, 1.54) is 12.0 Å². The monoisotopic (exact) mass is 461 g/mol. The van der Waals surface area contributed by atoms with Crippen molar-refractivity contribution in [3.8, 4) is 11.5 Å². The molecule has 0 fully saturated rings. The topological polar surface area (TPSA) is 97.0 Å². The number of nitrogens with zero attached hydrogens (tertiary/aromatic N) is 1. The second-order valence-electron chi connectivity index (χ2n) is 7.43. The number of carbonyl (C=O) groups is 3. The molecule has 0 aliphatic rings. The van der Waals surface area contributed by atoms with Crippen molar-refractivity contribution in [2.75, 3.05) is 32.6 Å². The van der Waals surface area contributed by atoms with Crippen molar-refractivity contribution in [2.45, 2.75) is 6.54 Å². The summed E-state index contributed by atoms with van der Waals surface area (Å²) in [6.07, 6.45) is 0. The number of anilines is 1. The standard InChI is InChI=1S/C26H27N3O5/c1-33-22-13-11-21(12-14-22)28-24(30)16-27-25(31)18-29(17-19-7-4-3-5-8-19)26(32)20-9-6-10-23(15-20)34-2/h3-15H,16-18H2,1-2H3,(H,27,31)(H,28,30). The molecule has 34 heavy (non-hydrogen) atoms. The second kappa shape index (κ2) is 12.1. The molecule has 8 heteroatoms. The summed E-state index contributed by atoms with van der Waals surface area (Å²) in [7, 11) is 3.08. The van der Waals surface area contributed by atoms with E-state index in [2.05, 4.69) is 10.6 Å². The molecule has 3 amide bonds. The highest BCUT2D eigenvalue weighted by Gasteiger charge is 2.20. The summed E-state index contributed by atoms with van der Waals surface area (Å²) < 4.78 is 10.3. The van der Waals surface area contributed by atoms with Gasteiger partial charge in [-0.25, -0.2) is 0 Å². The number of hydrogen-bond acceptors (Lipinski definition) is 5. The van der Waals surface area contributed by atoms with Crippen molar-refractivity contribution in [3.63, 3.8) is 0 Å². The normalized spacial score (nSPS) is 10.2. The number of rotatable bonds is 10. The predicted molar refractivity (Wildman–Crippen MR) is 129 cm³/mol. The molecule has 0 saturated heterocycles. The summed E-state index contributed by atoms with van der Waals surface area (Å²) in [6, 6.07) is 23.0. The summed E-state index contributed by atoms with van der Waals surface area (Å²) in [4.78, 5) is 39.5. The minimum atomic E-state index is -0.447. The number of amides is 3. The molecular formula is C26H27N3O5. The molecule has 0 atom stereocenters. The molecule has 0 aromatic heterocycles. The summed E-state index contributed by atoms with van der Waals surface area (Å²) >= 11 is 0. The highest BCUT2D eigenvalue weighted by Crippen LogP contribution is 2.16. The Kier molecular flexibility index (Phi) is 8.62. The van der Waals surface area contributed by atoms with Crippen LogP contribution >= 0.6 is 0 Å². The molecule has 0 unspecified atom stereocenters. The van der Waals surface area contributed by atoms with Gasteiger partial charge < -0.3 is 25.0 Å². The molecule has 176 valence electrons. The average molecular weight is 462 g/mol. The van der Waals surface area contributed by atoms with Gasteiger partial charge in [-0.05, 0) is 48.0 Å². The lowest BCUT2D eigenvalue weighted by atomic mass is 10.1. The van der Waals surface area contributed by atoms with Crippen molar-refractivity contribution >= 4 is 23.4 Å². The Bertz CT molecular complexity index is 1120. The number of hydrogen-bond donors (Lipinski definition) is 2. The van der Waals surface area contributed by atoms with Crippen LogP contribution in [0.3, 0.4) is 0 Å². The van der Waals surface area contributed by atoms with E-state index in [9.17, 15) is 14.4 Å². The van der Waals surface area contributed by atoms with Gasteiger partial charge in [0.05, 0.1) is 20.8 Å². The lowest BCUT2D eigenvalue weighted by molar-refractivity contribution is -0.124. The zero-order valence-electron chi connectivity index (χ0n) is 19.1. The molecule has 0 heterocycles. The highest BCUT2D eigenvalue weighted by atomic mass is 16.5. The van der Waals surface area contributed by atoms with Crippen molar-refractivity contribution in [2.24, 2.45) is 0 Å². The van der Waals surface area contributed by atoms with Crippen LogP contribution in [-0.4, -0.2) is 49.9 Å². The van der Waals surface area contributed by atoms with Gasteiger partial charge in [0.1, 0.15) is 18.0 Å². The van der Waals surface area contributed by atoms with Crippen molar-refractivity contribution < 1.29 is 23.9 Å². The van der Waals surface area contributed by atoms with Crippen LogP contribution < -0.4 is 20.1 Å². The molecule has 3 aromatic carbocycles. The lowest BCUT2D eigenvalue weighted by Crippen LogP contribution is -2.42. The highest BCUT2D eigenvalue weighted by molar-refractivity contribution is 5.98. The molecule has 0 radical (unpaired) electrons. The number of benzene rings is 3. The molecule has 8 nitrogen and oxygen atoms in total. The number of ether oxygens (including phenoxy) is 2. The van der Waals surface area contributed by atoms with E-state index in [0.717, 1.165) is 5.56 Å². The molecule has 3 rings (SSSR count). The van der Waals surface area contributed by atoms with E-state index >= 15 is 0 Å². The van der Waals surface area contributed by atoms with Crippen LogP contribution in [0.25, 0.3) is 0 Å². The van der Waals surface area contributed by atoms with Crippen LogP contribution in [0.4, 0.5) is 5.69 Å². The SMILES string of the molecule is COc1ccc(NC(=O)CNC(=O)CN(Cc2ccccc2)C(=O)c2cccc(OC)c2)cc1. The third-order valence-corrected chi connectivity index (χ3v) is 4.97. The third kappa shape index (κ3) is 7.09. The van der Waals surface area contributed by atoms with Gasteiger partial charge in [-0.2, -0.15) is 0 Å². The largest absolute Gasteiger partial charge is 0.497 e. The molecule has 0 saturated carbocycles. The summed E-state index contributed by atoms with van der Waals surface area (Å²) in [5.41, 5.74) is 1.86. The lowest BCUT2D eigenvalue weighted by Gasteiger charge is -2.23. The zero-order chi connectivity index (χ0) is 24.3. The fourth-order valence-electron chi connectivity index (χ4n) is 3.23. The Labute approximate surface area is 198 Å². The first kappa shape index (κ1) is 24.3. The predicted octanol–water partition coefficient (Wildman–Crippen LogP) is 3.10. The zero-order valence-corrected chi connectivity index (χ0v) is 19.1. The fraction of sp³-hybridized carbons (Fsp3) is 0.192. The van der Waals surface area contributed by atoms with Crippen molar-refractivity contribution in [3.05, 3.63) is 90.0 Å². The van der Waals surface area contributed by atoms with Crippen molar-refractivity contribution in [1.82, 2.24) is 10.2 Å². The van der Waals surface area contributed by atoms with Gasteiger partial charge in [0.25, 0.3) is 5.91 Å². The Morgan fingerprint density at radius 3 is 2.18 bits per heavy atom. The average Bonchev–Trinajstić information content (AvgIpc) is 2.87. The van der Waals surface area contributed by atoms with Gasteiger partial charge in [0.2, 0.25) is 11.8 Å². The van der Waals surface area contributed by atoms with Crippen LogP contribution in [0, 0.1) is 0 Å². The summed E-state index contributed by atoms with van der Waals surface area (Å²) in [5, 5.41) is 5.28. The van der Waals surface area contributed by atoms with Gasteiger partial charge in [-0.15, -0.1) is 0 Å². The molecular weight excluding hydrogens is 434 g/mol. The van der Waals surface area contributed by atoms with Crippen LogP contribution in [-0.2, 0) is 16.1 Å². The van der Waals surface area contributed by atoms with E-state index in [1.54, 1.807) is 55.6 Å². The first-order chi connectivity index (χ1) is 16.5. The smallest absolute Gasteiger partial charge is 0.254 e. The van der Waals surface area contributed by atoms with Gasteiger partial charge in [-0.1, -0.05) is 36.4 Å². The Hall–Kier alpha value is -4.33. The van der Waals surface area contributed by atoms with Crippen LogP contribution in [0.5, 0.6) is 11.5 Å². The Morgan fingerprint density at radius 1 is 0.794 bits per heavy atom. The van der Waals surface area contributed by atoms with E-state index in [1.807, 2.05) is 30.3 Å². The van der Waals surface area contributed by atoms with Crippen LogP contribution in [0.1, 0.15) is 15.9 Å². The fourth-order valence-corrected chi connectivity index (χ4v) is 3.23. The second-order valence-corrected chi connectivity index (χ2v) is 7.43. The van der Waals surface area contributed by atoms with Gasteiger partial charge >= 0.3 is 0 Å². The molecule has 2 N–H and O–H groups in total. The van der Waals surface area contributed by atoms with Crippen LogP contribution in [0.15, 0.2) is 78.9 Å². The Balaban J connectivity index is 1.63. The number of methoxy groups -OCH3 is 2. The summed E-state index contributed by atoms with van der Waals surface area (Å²) in [5.74, 6) is 0.0700. The van der Waals surface area contributed by atoms with Gasteiger partial charge in [0.15, 0.2) is 0 Å². The minimum absolute atomic E-state index is 0.208.